The van der Waals surface area contributed by atoms with Crippen molar-refractivity contribution >= 4 is 5.97 Å². The summed E-state index contributed by atoms with van der Waals surface area (Å²) in [5.41, 5.74) is -1.58. The van der Waals surface area contributed by atoms with Gasteiger partial charge in [-0.05, 0) is 26.3 Å². The van der Waals surface area contributed by atoms with E-state index in [4.69, 9.17) is 0 Å². The molecule has 3 atom stereocenters. The van der Waals surface area contributed by atoms with Gasteiger partial charge in [-0.15, -0.1) is 0 Å². The number of hydrogen-bond acceptors (Lipinski definition) is 4. The van der Waals surface area contributed by atoms with Gasteiger partial charge in [0.2, 0.25) is 6.17 Å². The number of carbonyl (C=O) groups excluding carboxylic acids is 1. The molecule has 3 unspecified atom stereocenters. The third kappa shape index (κ3) is 2.52. The SMILES string of the molecule is CCOC(=O)C(F)C1(O)CCNCC1CC. The zero-order valence-corrected chi connectivity index (χ0v) is 9.83. The Kier molecular flexibility index (Phi) is 4.68. The maximum Gasteiger partial charge on any atom is 0.343 e. The normalized spacial score (nSPS) is 32.1. The molecule has 5 heteroatoms. The molecule has 0 aromatic carbocycles. The lowest BCUT2D eigenvalue weighted by molar-refractivity contribution is -0.169. The van der Waals surface area contributed by atoms with E-state index in [1.54, 1.807) is 6.92 Å². The van der Waals surface area contributed by atoms with Gasteiger partial charge in [-0.1, -0.05) is 6.92 Å². The molecule has 94 valence electrons. The largest absolute Gasteiger partial charge is 0.464 e. The summed E-state index contributed by atoms with van der Waals surface area (Å²) in [4.78, 5) is 11.3. The highest BCUT2D eigenvalue weighted by molar-refractivity contribution is 5.76. The Bertz CT molecular complexity index is 249. The maximum absolute atomic E-state index is 13.9. The van der Waals surface area contributed by atoms with E-state index >= 15 is 0 Å². The van der Waals surface area contributed by atoms with Gasteiger partial charge < -0.3 is 15.2 Å². The molecule has 0 aromatic rings. The molecule has 4 nitrogen and oxygen atoms in total. The molecular formula is C11H20FNO3. The molecule has 0 spiro atoms. The predicted molar refractivity (Wildman–Crippen MR) is 57.7 cm³/mol. The number of piperidine rings is 1. The van der Waals surface area contributed by atoms with Crippen LogP contribution in [0.4, 0.5) is 4.39 Å². The van der Waals surface area contributed by atoms with E-state index in [2.05, 4.69) is 10.1 Å². The van der Waals surface area contributed by atoms with Crippen molar-refractivity contribution in [3.8, 4) is 0 Å². The van der Waals surface area contributed by atoms with Gasteiger partial charge >= 0.3 is 5.97 Å². The molecule has 0 bridgehead atoms. The summed E-state index contributed by atoms with van der Waals surface area (Å²) in [5.74, 6) is -1.20. The van der Waals surface area contributed by atoms with Crippen molar-refractivity contribution in [3.63, 3.8) is 0 Å². The van der Waals surface area contributed by atoms with Crippen LogP contribution >= 0.6 is 0 Å². The van der Waals surface area contributed by atoms with Crippen LogP contribution in [0.5, 0.6) is 0 Å². The van der Waals surface area contributed by atoms with Gasteiger partial charge in [-0.2, -0.15) is 0 Å². The fraction of sp³-hybridized carbons (Fsp3) is 0.909. The molecule has 1 fully saturated rings. The van der Waals surface area contributed by atoms with Crippen molar-refractivity contribution in [1.82, 2.24) is 5.32 Å². The topological polar surface area (TPSA) is 58.6 Å². The van der Waals surface area contributed by atoms with E-state index in [0.29, 0.717) is 19.5 Å². The molecule has 0 amide bonds. The van der Waals surface area contributed by atoms with Gasteiger partial charge in [0.15, 0.2) is 0 Å². The van der Waals surface area contributed by atoms with Crippen LogP contribution in [0.1, 0.15) is 26.7 Å². The van der Waals surface area contributed by atoms with Gasteiger partial charge in [0.1, 0.15) is 5.60 Å². The van der Waals surface area contributed by atoms with Crippen molar-refractivity contribution in [2.24, 2.45) is 5.92 Å². The lowest BCUT2D eigenvalue weighted by atomic mass is 9.77. The van der Waals surface area contributed by atoms with Crippen LogP contribution in [0.3, 0.4) is 0 Å². The highest BCUT2D eigenvalue weighted by Crippen LogP contribution is 2.32. The summed E-state index contributed by atoms with van der Waals surface area (Å²) >= 11 is 0. The maximum atomic E-state index is 13.9. The third-order valence-corrected chi connectivity index (χ3v) is 3.23. The Morgan fingerprint density at radius 1 is 1.69 bits per heavy atom. The van der Waals surface area contributed by atoms with Crippen LogP contribution in [0.25, 0.3) is 0 Å². The van der Waals surface area contributed by atoms with E-state index < -0.39 is 17.7 Å². The first-order chi connectivity index (χ1) is 7.56. The Morgan fingerprint density at radius 3 is 2.94 bits per heavy atom. The number of esters is 1. The van der Waals surface area contributed by atoms with Crippen LogP contribution in [-0.4, -0.2) is 42.5 Å². The number of hydrogen-bond donors (Lipinski definition) is 2. The van der Waals surface area contributed by atoms with Gasteiger partial charge in [0.25, 0.3) is 0 Å². The van der Waals surface area contributed by atoms with Gasteiger partial charge in [0, 0.05) is 12.5 Å². The molecule has 2 N–H and O–H groups in total. The van der Waals surface area contributed by atoms with Gasteiger partial charge in [-0.3, -0.25) is 0 Å². The molecule has 1 aliphatic heterocycles. The van der Waals surface area contributed by atoms with Crippen LogP contribution in [-0.2, 0) is 9.53 Å². The van der Waals surface area contributed by atoms with Gasteiger partial charge in [0.05, 0.1) is 6.61 Å². The average Bonchev–Trinajstić information content (AvgIpc) is 2.29. The monoisotopic (exact) mass is 233 g/mol. The Balaban J connectivity index is 2.75. The fourth-order valence-electron chi connectivity index (χ4n) is 2.20. The zero-order valence-electron chi connectivity index (χ0n) is 9.83. The first kappa shape index (κ1) is 13.4. The highest BCUT2D eigenvalue weighted by Gasteiger charge is 2.49. The summed E-state index contributed by atoms with van der Waals surface area (Å²) in [6.07, 6.45) is -1.08. The minimum absolute atomic E-state index is 0.129. The quantitative estimate of drug-likeness (QED) is 0.700. The Labute approximate surface area is 95.2 Å². The molecule has 0 radical (unpaired) electrons. The molecular weight excluding hydrogens is 213 g/mol. The predicted octanol–water partition coefficient (Wildman–Crippen LogP) is 0.638. The minimum atomic E-state index is -1.94. The number of nitrogens with one attached hydrogen (secondary N) is 1. The van der Waals surface area contributed by atoms with E-state index in [0.717, 1.165) is 0 Å². The van der Waals surface area contributed by atoms with Gasteiger partial charge in [-0.25, -0.2) is 9.18 Å². The molecule has 0 aromatic heterocycles. The second-order valence-electron chi connectivity index (χ2n) is 4.17. The molecule has 0 aliphatic carbocycles. The average molecular weight is 233 g/mol. The summed E-state index contributed by atoms with van der Waals surface area (Å²) in [6.45, 7) is 4.68. The first-order valence-corrected chi connectivity index (χ1v) is 5.80. The third-order valence-electron chi connectivity index (χ3n) is 3.23. The van der Waals surface area contributed by atoms with Crippen molar-refractivity contribution in [2.45, 2.75) is 38.5 Å². The van der Waals surface area contributed by atoms with Crippen molar-refractivity contribution in [1.29, 1.82) is 0 Å². The first-order valence-electron chi connectivity index (χ1n) is 5.80. The number of rotatable bonds is 4. The van der Waals surface area contributed by atoms with E-state index in [1.165, 1.54) is 0 Å². The molecule has 1 aliphatic rings. The smallest absolute Gasteiger partial charge is 0.343 e. The van der Waals surface area contributed by atoms with E-state index in [9.17, 15) is 14.3 Å². The molecule has 1 rings (SSSR count). The van der Waals surface area contributed by atoms with Crippen LogP contribution < -0.4 is 5.32 Å². The second kappa shape index (κ2) is 5.59. The number of alkyl halides is 1. The van der Waals surface area contributed by atoms with E-state index in [-0.39, 0.29) is 18.9 Å². The van der Waals surface area contributed by atoms with Crippen molar-refractivity contribution < 1.29 is 19.0 Å². The molecule has 16 heavy (non-hydrogen) atoms. The lowest BCUT2D eigenvalue weighted by Gasteiger charge is -2.41. The lowest BCUT2D eigenvalue weighted by Crippen LogP contribution is -2.58. The molecule has 0 saturated carbocycles. The standard InChI is InChI=1S/C11H20FNO3/c1-3-8-7-13-6-5-11(8,15)9(12)10(14)16-4-2/h8-9,13,15H,3-7H2,1-2H3. The number of halogens is 1. The summed E-state index contributed by atoms with van der Waals surface area (Å²) < 4.78 is 18.6. The molecule has 1 heterocycles. The summed E-state index contributed by atoms with van der Waals surface area (Å²) in [7, 11) is 0. The Morgan fingerprint density at radius 2 is 2.38 bits per heavy atom. The fourth-order valence-corrected chi connectivity index (χ4v) is 2.20. The van der Waals surface area contributed by atoms with Crippen molar-refractivity contribution in [2.75, 3.05) is 19.7 Å². The summed E-state index contributed by atoms with van der Waals surface area (Å²) in [6, 6.07) is 0. The van der Waals surface area contributed by atoms with Crippen LogP contribution in [0.2, 0.25) is 0 Å². The van der Waals surface area contributed by atoms with E-state index in [1.807, 2.05) is 6.92 Å². The Hall–Kier alpha value is -0.680. The zero-order chi connectivity index (χ0) is 12.2. The minimum Gasteiger partial charge on any atom is -0.464 e. The second-order valence-corrected chi connectivity index (χ2v) is 4.17. The van der Waals surface area contributed by atoms with Crippen LogP contribution in [0, 0.1) is 5.92 Å². The number of carbonyl (C=O) groups is 1. The van der Waals surface area contributed by atoms with Crippen molar-refractivity contribution in [3.05, 3.63) is 0 Å². The highest BCUT2D eigenvalue weighted by atomic mass is 19.1. The van der Waals surface area contributed by atoms with Crippen LogP contribution in [0.15, 0.2) is 0 Å². The molecule has 1 saturated heterocycles. The number of ether oxygens (including phenoxy) is 1. The summed E-state index contributed by atoms with van der Waals surface area (Å²) in [5, 5.41) is 13.4. The number of aliphatic hydroxyl groups is 1.